The van der Waals surface area contributed by atoms with E-state index in [1.165, 1.54) is 5.56 Å². The molecule has 1 aliphatic rings. The standard InChI is InChI=1S/C22H27NO3/c1-15(2)16-6-8-17(9-7-16)21(18-10-12-19(26-3)13-11-18)23-14-4-5-20(23)22(24)25/h6-13,15,20-21H,4-5,14H2,1-3H3,(H,24,25). The van der Waals surface area contributed by atoms with E-state index in [0.29, 0.717) is 12.3 Å². The smallest absolute Gasteiger partial charge is 0.320 e. The molecule has 1 N–H and O–H groups in total. The van der Waals surface area contributed by atoms with E-state index >= 15 is 0 Å². The number of likely N-dealkylation sites (tertiary alicyclic amines) is 1. The zero-order valence-corrected chi connectivity index (χ0v) is 15.7. The fourth-order valence-corrected chi connectivity index (χ4v) is 3.79. The Kier molecular flexibility index (Phi) is 5.62. The van der Waals surface area contributed by atoms with Crippen LogP contribution in [0.25, 0.3) is 0 Å². The molecule has 0 spiro atoms. The van der Waals surface area contributed by atoms with Crippen LogP contribution in [-0.4, -0.2) is 35.7 Å². The van der Waals surface area contributed by atoms with Gasteiger partial charge in [0.15, 0.2) is 0 Å². The van der Waals surface area contributed by atoms with Crippen molar-refractivity contribution in [2.24, 2.45) is 0 Å². The highest BCUT2D eigenvalue weighted by Crippen LogP contribution is 2.36. The van der Waals surface area contributed by atoms with Gasteiger partial charge in [0.1, 0.15) is 11.8 Å². The first kappa shape index (κ1) is 18.5. The molecule has 0 aromatic heterocycles. The number of aliphatic carboxylic acids is 1. The summed E-state index contributed by atoms with van der Waals surface area (Å²) in [5.41, 5.74) is 3.52. The SMILES string of the molecule is COc1ccc(C(c2ccc(C(C)C)cc2)N2CCCC2C(=O)O)cc1. The maximum absolute atomic E-state index is 11.8. The van der Waals surface area contributed by atoms with Crippen LogP contribution in [0.4, 0.5) is 0 Å². The summed E-state index contributed by atoms with van der Waals surface area (Å²) >= 11 is 0. The number of hydrogen-bond acceptors (Lipinski definition) is 3. The van der Waals surface area contributed by atoms with Crippen LogP contribution in [0, 0.1) is 0 Å². The second-order valence-electron chi connectivity index (χ2n) is 7.23. The average Bonchev–Trinajstić information content (AvgIpc) is 3.12. The van der Waals surface area contributed by atoms with Gasteiger partial charge in [0.05, 0.1) is 13.2 Å². The van der Waals surface area contributed by atoms with E-state index in [4.69, 9.17) is 4.74 Å². The molecule has 3 rings (SSSR count). The molecule has 4 nitrogen and oxygen atoms in total. The molecule has 26 heavy (non-hydrogen) atoms. The van der Waals surface area contributed by atoms with Crippen molar-refractivity contribution in [3.8, 4) is 5.75 Å². The van der Waals surface area contributed by atoms with Gasteiger partial charge in [-0.05, 0) is 47.6 Å². The normalized spacial score (nSPS) is 18.8. The minimum atomic E-state index is -0.736. The number of carboxylic acids is 1. The van der Waals surface area contributed by atoms with E-state index < -0.39 is 12.0 Å². The van der Waals surface area contributed by atoms with Crippen LogP contribution >= 0.6 is 0 Å². The first-order chi connectivity index (χ1) is 12.5. The van der Waals surface area contributed by atoms with Gasteiger partial charge >= 0.3 is 5.97 Å². The van der Waals surface area contributed by atoms with Gasteiger partial charge in [0.25, 0.3) is 0 Å². The molecule has 0 bridgehead atoms. The van der Waals surface area contributed by atoms with Crippen LogP contribution in [0.1, 0.15) is 55.3 Å². The summed E-state index contributed by atoms with van der Waals surface area (Å²) in [4.78, 5) is 13.9. The topological polar surface area (TPSA) is 49.8 Å². The van der Waals surface area contributed by atoms with Crippen LogP contribution in [0.5, 0.6) is 5.75 Å². The Morgan fingerprint density at radius 3 is 2.08 bits per heavy atom. The second kappa shape index (κ2) is 7.92. The van der Waals surface area contributed by atoms with E-state index in [9.17, 15) is 9.90 Å². The largest absolute Gasteiger partial charge is 0.497 e. The van der Waals surface area contributed by atoms with Crippen molar-refractivity contribution in [2.45, 2.75) is 44.7 Å². The van der Waals surface area contributed by atoms with Gasteiger partial charge in [-0.25, -0.2) is 0 Å². The molecule has 138 valence electrons. The number of benzene rings is 2. The highest BCUT2D eigenvalue weighted by molar-refractivity contribution is 5.74. The van der Waals surface area contributed by atoms with Crippen molar-refractivity contribution in [3.05, 3.63) is 65.2 Å². The van der Waals surface area contributed by atoms with E-state index in [0.717, 1.165) is 29.8 Å². The zero-order valence-electron chi connectivity index (χ0n) is 15.7. The number of carboxylic acid groups (broad SMARTS) is 1. The van der Waals surface area contributed by atoms with E-state index in [2.05, 4.69) is 43.0 Å². The predicted molar refractivity (Wildman–Crippen MR) is 103 cm³/mol. The summed E-state index contributed by atoms with van der Waals surface area (Å²) in [7, 11) is 1.65. The third-order valence-corrected chi connectivity index (χ3v) is 5.26. The Labute approximate surface area is 155 Å². The molecule has 1 heterocycles. The van der Waals surface area contributed by atoms with Gasteiger partial charge in [-0.2, -0.15) is 0 Å². The van der Waals surface area contributed by atoms with E-state index in [-0.39, 0.29) is 6.04 Å². The van der Waals surface area contributed by atoms with Gasteiger partial charge in [-0.3, -0.25) is 9.69 Å². The van der Waals surface area contributed by atoms with Crippen LogP contribution in [0.3, 0.4) is 0 Å². The van der Waals surface area contributed by atoms with Crippen LogP contribution < -0.4 is 4.74 Å². The number of carbonyl (C=O) groups is 1. The molecule has 2 atom stereocenters. The Morgan fingerprint density at radius 2 is 1.58 bits per heavy atom. The van der Waals surface area contributed by atoms with Crippen molar-refractivity contribution in [1.82, 2.24) is 4.90 Å². The molecule has 1 saturated heterocycles. The molecule has 4 heteroatoms. The van der Waals surface area contributed by atoms with Crippen molar-refractivity contribution in [1.29, 1.82) is 0 Å². The Balaban J connectivity index is 2.01. The second-order valence-corrected chi connectivity index (χ2v) is 7.23. The van der Waals surface area contributed by atoms with Crippen molar-refractivity contribution in [3.63, 3.8) is 0 Å². The molecule has 1 aliphatic heterocycles. The summed E-state index contributed by atoms with van der Waals surface area (Å²) in [5.74, 6) is 0.542. The first-order valence-corrected chi connectivity index (χ1v) is 9.23. The summed E-state index contributed by atoms with van der Waals surface area (Å²) < 4.78 is 5.27. The number of methoxy groups -OCH3 is 1. The third kappa shape index (κ3) is 3.75. The van der Waals surface area contributed by atoms with Gasteiger partial charge < -0.3 is 9.84 Å². The lowest BCUT2D eigenvalue weighted by Crippen LogP contribution is -2.39. The lowest BCUT2D eigenvalue weighted by Gasteiger charge is -2.32. The highest BCUT2D eigenvalue weighted by Gasteiger charge is 2.36. The Morgan fingerprint density at radius 1 is 1.04 bits per heavy atom. The Hall–Kier alpha value is -2.33. The molecule has 0 saturated carbocycles. The predicted octanol–water partition coefficient (Wildman–Crippen LogP) is 4.46. The van der Waals surface area contributed by atoms with Gasteiger partial charge in [-0.15, -0.1) is 0 Å². The van der Waals surface area contributed by atoms with Gasteiger partial charge in [-0.1, -0.05) is 50.2 Å². The minimum Gasteiger partial charge on any atom is -0.497 e. The van der Waals surface area contributed by atoms with E-state index in [1.54, 1.807) is 7.11 Å². The molecule has 0 amide bonds. The van der Waals surface area contributed by atoms with Gasteiger partial charge in [0.2, 0.25) is 0 Å². The summed E-state index contributed by atoms with van der Waals surface area (Å²) in [6.07, 6.45) is 1.61. The number of hydrogen-bond donors (Lipinski definition) is 1. The molecule has 0 radical (unpaired) electrons. The molecule has 2 aromatic carbocycles. The van der Waals surface area contributed by atoms with Gasteiger partial charge in [0, 0.05) is 6.54 Å². The summed E-state index contributed by atoms with van der Waals surface area (Å²) in [5, 5.41) is 9.66. The summed E-state index contributed by atoms with van der Waals surface area (Å²) in [6, 6.07) is 16.0. The van der Waals surface area contributed by atoms with Crippen LogP contribution in [0.15, 0.2) is 48.5 Å². The van der Waals surface area contributed by atoms with E-state index in [1.807, 2.05) is 24.3 Å². The van der Waals surface area contributed by atoms with Crippen LogP contribution in [0.2, 0.25) is 0 Å². The van der Waals surface area contributed by atoms with Crippen molar-refractivity contribution >= 4 is 5.97 Å². The zero-order chi connectivity index (χ0) is 18.7. The monoisotopic (exact) mass is 353 g/mol. The number of nitrogens with zero attached hydrogens (tertiary/aromatic N) is 1. The lowest BCUT2D eigenvalue weighted by molar-refractivity contribution is -0.142. The third-order valence-electron chi connectivity index (χ3n) is 5.26. The van der Waals surface area contributed by atoms with Crippen molar-refractivity contribution in [2.75, 3.05) is 13.7 Å². The number of ether oxygens (including phenoxy) is 1. The van der Waals surface area contributed by atoms with Crippen LogP contribution in [-0.2, 0) is 4.79 Å². The minimum absolute atomic E-state index is 0.0641. The maximum atomic E-state index is 11.8. The number of rotatable bonds is 6. The molecule has 0 aliphatic carbocycles. The van der Waals surface area contributed by atoms with Crippen molar-refractivity contribution < 1.29 is 14.6 Å². The lowest BCUT2D eigenvalue weighted by atomic mass is 9.93. The molecule has 2 aromatic rings. The molecular formula is C22H27NO3. The molecule has 2 unspecified atom stereocenters. The highest BCUT2D eigenvalue weighted by atomic mass is 16.5. The first-order valence-electron chi connectivity index (χ1n) is 9.23. The maximum Gasteiger partial charge on any atom is 0.320 e. The quantitative estimate of drug-likeness (QED) is 0.833. The summed E-state index contributed by atoms with van der Waals surface area (Å²) in [6.45, 7) is 5.15. The fourth-order valence-electron chi connectivity index (χ4n) is 3.79. The Bertz CT molecular complexity index is 737. The molecule has 1 fully saturated rings. The fraction of sp³-hybridized carbons (Fsp3) is 0.409. The molecular weight excluding hydrogens is 326 g/mol. The average molecular weight is 353 g/mol.